The lowest BCUT2D eigenvalue weighted by Crippen LogP contribution is -2.10. The molecule has 0 amide bonds. The van der Waals surface area contributed by atoms with Crippen LogP contribution in [0.15, 0.2) is 36.4 Å². The third-order valence-corrected chi connectivity index (χ3v) is 3.82. The summed E-state index contributed by atoms with van der Waals surface area (Å²) >= 11 is 17.5. The monoisotopic (exact) mass is 356 g/mol. The van der Waals surface area contributed by atoms with Crippen LogP contribution < -0.4 is 5.73 Å². The molecule has 0 aliphatic heterocycles. The standard InChI is InChI=1S/C15H11Cl3N2O2/c16-10-12(19)11(17)14(18)20-13(10)15(21)22-8-4-7-9-5-2-1-3-6-9/h1-7H,8H2,(H2,19,20)/b7-4+. The van der Waals surface area contributed by atoms with E-state index in [2.05, 4.69) is 4.98 Å². The van der Waals surface area contributed by atoms with Crippen molar-refractivity contribution in [3.63, 3.8) is 0 Å². The molecule has 0 atom stereocenters. The second kappa shape index (κ2) is 7.49. The SMILES string of the molecule is Nc1c(Cl)c(Cl)nc(C(=O)OC/C=C/c2ccccc2)c1Cl. The van der Waals surface area contributed by atoms with Gasteiger partial charge in [-0.3, -0.25) is 0 Å². The average molecular weight is 358 g/mol. The number of anilines is 1. The van der Waals surface area contributed by atoms with E-state index in [9.17, 15) is 4.79 Å². The van der Waals surface area contributed by atoms with Crippen molar-refractivity contribution < 1.29 is 9.53 Å². The molecule has 7 heteroatoms. The minimum Gasteiger partial charge on any atom is -0.457 e. The number of nitrogen functional groups attached to an aromatic ring is 1. The van der Waals surface area contributed by atoms with Gasteiger partial charge in [0.25, 0.3) is 0 Å². The molecule has 0 fully saturated rings. The van der Waals surface area contributed by atoms with Gasteiger partial charge < -0.3 is 10.5 Å². The fourth-order valence-corrected chi connectivity index (χ4v) is 2.19. The largest absolute Gasteiger partial charge is 0.457 e. The first-order chi connectivity index (χ1) is 10.5. The highest BCUT2D eigenvalue weighted by atomic mass is 35.5. The van der Waals surface area contributed by atoms with E-state index >= 15 is 0 Å². The first-order valence-electron chi connectivity index (χ1n) is 6.19. The Hall–Kier alpha value is -1.75. The number of nitrogens with two attached hydrogens (primary N) is 1. The molecule has 0 bridgehead atoms. The topological polar surface area (TPSA) is 65.2 Å². The highest BCUT2D eigenvalue weighted by Crippen LogP contribution is 2.34. The third-order valence-electron chi connectivity index (χ3n) is 2.69. The van der Waals surface area contributed by atoms with Crippen molar-refractivity contribution in [3.05, 3.63) is 62.9 Å². The molecule has 0 aliphatic carbocycles. The summed E-state index contributed by atoms with van der Waals surface area (Å²) in [5, 5.41) is -0.172. The first-order valence-corrected chi connectivity index (χ1v) is 7.32. The van der Waals surface area contributed by atoms with Crippen molar-refractivity contribution in [2.75, 3.05) is 12.3 Å². The van der Waals surface area contributed by atoms with Crippen molar-refractivity contribution in [1.29, 1.82) is 0 Å². The van der Waals surface area contributed by atoms with Crippen LogP contribution in [0.4, 0.5) is 5.69 Å². The molecule has 2 aromatic rings. The molecule has 22 heavy (non-hydrogen) atoms. The van der Waals surface area contributed by atoms with Crippen LogP contribution in [0, 0.1) is 0 Å². The molecule has 1 heterocycles. The Labute approximate surface area is 142 Å². The van der Waals surface area contributed by atoms with Crippen LogP contribution in [-0.2, 0) is 4.74 Å². The van der Waals surface area contributed by atoms with E-state index in [1.54, 1.807) is 6.08 Å². The summed E-state index contributed by atoms with van der Waals surface area (Å²) in [4.78, 5) is 15.7. The van der Waals surface area contributed by atoms with Gasteiger partial charge in [-0.1, -0.05) is 71.2 Å². The van der Waals surface area contributed by atoms with Crippen LogP contribution in [-0.4, -0.2) is 17.6 Å². The van der Waals surface area contributed by atoms with Gasteiger partial charge in [0.15, 0.2) is 10.8 Å². The van der Waals surface area contributed by atoms with Crippen molar-refractivity contribution in [2.45, 2.75) is 0 Å². The second-order valence-corrected chi connectivity index (χ2v) is 5.32. The minimum atomic E-state index is -0.729. The molecule has 2 N–H and O–H groups in total. The van der Waals surface area contributed by atoms with Gasteiger partial charge >= 0.3 is 5.97 Å². The van der Waals surface area contributed by atoms with Gasteiger partial charge in [-0.2, -0.15) is 0 Å². The Morgan fingerprint density at radius 1 is 1.18 bits per heavy atom. The molecule has 114 valence electrons. The summed E-state index contributed by atoms with van der Waals surface area (Å²) in [6.07, 6.45) is 3.52. The number of carbonyl (C=O) groups is 1. The Bertz CT molecular complexity index is 718. The number of ether oxygens (including phenoxy) is 1. The molecule has 0 radical (unpaired) electrons. The Balaban J connectivity index is 2.03. The summed E-state index contributed by atoms with van der Waals surface area (Å²) in [5.74, 6) is -0.729. The van der Waals surface area contributed by atoms with E-state index in [4.69, 9.17) is 45.3 Å². The molecular formula is C15H11Cl3N2O2. The predicted molar refractivity (Wildman–Crippen MR) is 89.4 cm³/mol. The van der Waals surface area contributed by atoms with Crippen LogP contribution in [0.5, 0.6) is 0 Å². The maximum Gasteiger partial charge on any atom is 0.358 e. The maximum absolute atomic E-state index is 11.9. The highest BCUT2D eigenvalue weighted by Gasteiger charge is 2.20. The number of hydrogen-bond acceptors (Lipinski definition) is 4. The van der Waals surface area contributed by atoms with E-state index in [0.29, 0.717) is 0 Å². The Kier molecular flexibility index (Phi) is 5.66. The number of benzene rings is 1. The van der Waals surface area contributed by atoms with E-state index in [0.717, 1.165) is 5.56 Å². The zero-order valence-electron chi connectivity index (χ0n) is 11.2. The quantitative estimate of drug-likeness (QED) is 0.646. The molecule has 1 aromatic carbocycles. The lowest BCUT2D eigenvalue weighted by Gasteiger charge is -2.08. The summed E-state index contributed by atoms with van der Waals surface area (Å²) in [6.45, 7) is 0.0614. The van der Waals surface area contributed by atoms with Gasteiger partial charge in [0.1, 0.15) is 11.6 Å². The van der Waals surface area contributed by atoms with E-state index < -0.39 is 5.97 Å². The smallest absolute Gasteiger partial charge is 0.358 e. The third kappa shape index (κ3) is 3.91. The van der Waals surface area contributed by atoms with Gasteiger partial charge in [-0.25, -0.2) is 9.78 Å². The van der Waals surface area contributed by atoms with Crippen molar-refractivity contribution >= 4 is 52.5 Å². The highest BCUT2D eigenvalue weighted by molar-refractivity contribution is 6.46. The normalized spacial score (nSPS) is 10.9. The molecular weight excluding hydrogens is 347 g/mol. The molecule has 0 saturated carbocycles. The van der Waals surface area contributed by atoms with E-state index in [-0.39, 0.29) is 33.2 Å². The van der Waals surface area contributed by atoms with Gasteiger partial charge in [0.05, 0.1) is 10.7 Å². The fraction of sp³-hybridized carbons (Fsp3) is 0.0667. The number of aromatic nitrogens is 1. The molecule has 1 aromatic heterocycles. The predicted octanol–water partition coefficient (Wildman–Crippen LogP) is 4.49. The van der Waals surface area contributed by atoms with E-state index in [1.165, 1.54) is 0 Å². The lowest BCUT2D eigenvalue weighted by atomic mass is 10.2. The van der Waals surface area contributed by atoms with Crippen molar-refractivity contribution in [3.8, 4) is 0 Å². The lowest BCUT2D eigenvalue weighted by molar-refractivity contribution is 0.0543. The number of esters is 1. The second-order valence-electron chi connectivity index (χ2n) is 4.20. The van der Waals surface area contributed by atoms with Gasteiger partial charge in [0.2, 0.25) is 0 Å². The zero-order valence-corrected chi connectivity index (χ0v) is 13.5. The molecule has 0 saturated heterocycles. The first kappa shape index (κ1) is 16.6. The fourth-order valence-electron chi connectivity index (χ4n) is 1.61. The molecule has 2 rings (SSSR count). The number of rotatable bonds is 4. The molecule has 4 nitrogen and oxygen atoms in total. The van der Waals surface area contributed by atoms with Crippen LogP contribution in [0.2, 0.25) is 15.2 Å². The number of carbonyl (C=O) groups excluding carboxylic acids is 1. The van der Waals surface area contributed by atoms with Gasteiger partial charge in [-0.05, 0) is 11.6 Å². The van der Waals surface area contributed by atoms with Crippen molar-refractivity contribution in [2.24, 2.45) is 0 Å². The molecule has 0 unspecified atom stereocenters. The van der Waals surface area contributed by atoms with Gasteiger partial charge in [-0.15, -0.1) is 0 Å². The summed E-state index contributed by atoms with van der Waals surface area (Å²) in [6, 6.07) is 9.59. The summed E-state index contributed by atoms with van der Waals surface area (Å²) in [5.41, 5.74) is 6.47. The zero-order chi connectivity index (χ0) is 16.1. The van der Waals surface area contributed by atoms with E-state index in [1.807, 2.05) is 36.4 Å². The number of nitrogens with zero attached hydrogens (tertiary/aromatic N) is 1. The Morgan fingerprint density at radius 2 is 1.86 bits per heavy atom. The minimum absolute atomic E-state index is 0.00453. The average Bonchev–Trinajstić information content (AvgIpc) is 2.53. The number of hydrogen-bond donors (Lipinski definition) is 1. The van der Waals surface area contributed by atoms with Crippen LogP contribution in [0.1, 0.15) is 16.1 Å². The van der Waals surface area contributed by atoms with Crippen LogP contribution in [0.3, 0.4) is 0 Å². The maximum atomic E-state index is 11.9. The summed E-state index contributed by atoms with van der Waals surface area (Å²) in [7, 11) is 0. The number of halogens is 3. The number of pyridine rings is 1. The molecule has 0 spiro atoms. The Morgan fingerprint density at radius 3 is 2.55 bits per heavy atom. The van der Waals surface area contributed by atoms with Gasteiger partial charge in [0, 0.05) is 0 Å². The van der Waals surface area contributed by atoms with Crippen LogP contribution >= 0.6 is 34.8 Å². The molecule has 0 aliphatic rings. The van der Waals surface area contributed by atoms with Crippen LogP contribution in [0.25, 0.3) is 6.08 Å². The van der Waals surface area contributed by atoms with Crippen molar-refractivity contribution in [1.82, 2.24) is 4.98 Å². The summed E-state index contributed by atoms with van der Waals surface area (Å²) < 4.78 is 5.05.